The highest BCUT2D eigenvalue weighted by Gasteiger charge is 2.53. The first-order valence-corrected chi connectivity index (χ1v) is 7.96. The Morgan fingerprint density at radius 1 is 1.11 bits per heavy atom. The van der Waals surface area contributed by atoms with E-state index >= 15 is 0 Å². The fourth-order valence-electron chi connectivity index (χ4n) is 4.04. The summed E-state index contributed by atoms with van der Waals surface area (Å²) in [5, 5.41) is 3.68. The van der Waals surface area contributed by atoms with Crippen molar-refractivity contribution < 1.29 is 0 Å². The molecular weight excluding hydrogens is 238 g/mol. The highest BCUT2D eigenvalue weighted by Crippen LogP contribution is 2.60. The van der Waals surface area contributed by atoms with Gasteiger partial charge in [0.05, 0.1) is 0 Å². The van der Waals surface area contributed by atoms with Crippen LogP contribution in [0.3, 0.4) is 0 Å². The maximum Gasteiger partial charge on any atom is 0.0346 e. The molecule has 0 radical (unpaired) electrons. The van der Waals surface area contributed by atoms with E-state index in [-0.39, 0.29) is 6.04 Å². The number of hydrogen-bond donors (Lipinski definition) is 1. The Morgan fingerprint density at radius 3 is 2.61 bits per heavy atom. The van der Waals surface area contributed by atoms with E-state index in [1.54, 1.807) is 0 Å². The first kappa shape index (κ1) is 11.0. The molecule has 2 fully saturated rings. The van der Waals surface area contributed by atoms with Gasteiger partial charge in [-0.1, -0.05) is 31.0 Å². The van der Waals surface area contributed by atoms with Crippen molar-refractivity contribution in [3.8, 4) is 0 Å². The summed E-state index contributed by atoms with van der Waals surface area (Å²) in [7, 11) is 0. The van der Waals surface area contributed by atoms with Crippen molar-refractivity contribution in [2.24, 2.45) is 23.5 Å². The average Bonchev–Trinajstić information content (AvgIpc) is 2.99. The minimum Gasteiger partial charge on any atom is -0.324 e. The van der Waals surface area contributed by atoms with Gasteiger partial charge in [-0.3, -0.25) is 0 Å². The van der Waals surface area contributed by atoms with Gasteiger partial charge in [0.15, 0.2) is 0 Å². The van der Waals surface area contributed by atoms with Crippen LogP contribution in [0.1, 0.15) is 37.3 Å². The molecule has 2 aromatic rings. The summed E-state index contributed by atoms with van der Waals surface area (Å²) in [5.41, 5.74) is 7.98. The van der Waals surface area contributed by atoms with Crippen LogP contribution in [0, 0.1) is 17.8 Å². The predicted molar refractivity (Wildman–Crippen MR) is 77.7 cm³/mol. The number of rotatable bonds is 2. The van der Waals surface area contributed by atoms with Gasteiger partial charge >= 0.3 is 0 Å². The van der Waals surface area contributed by atoms with Gasteiger partial charge < -0.3 is 5.73 Å². The van der Waals surface area contributed by atoms with E-state index < -0.39 is 0 Å². The van der Waals surface area contributed by atoms with Crippen LogP contribution in [0.2, 0.25) is 0 Å². The van der Waals surface area contributed by atoms with Crippen molar-refractivity contribution in [3.05, 3.63) is 35.2 Å². The molecular formula is C16H19NS. The SMILES string of the molecule is NC(c1csc2ccccc12)C1C2CCCCC21. The zero-order valence-electron chi connectivity index (χ0n) is 10.5. The number of benzene rings is 1. The van der Waals surface area contributed by atoms with Crippen LogP contribution < -0.4 is 5.73 Å². The first-order chi connectivity index (χ1) is 8.86. The Labute approximate surface area is 112 Å². The lowest BCUT2D eigenvalue weighted by molar-refractivity contribution is 0.480. The standard InChI is InChI=1S/C16H19NS/c17-16(15-11-6-1-2-7-12(11)15)13-9-18-14-8-4-3-5-10(13)14/h3-5,8-9,11-12,15-16H,1-2,6-7,17H2. The second-order valence-electron chi connectivity index (χ2n) is 5.90. The molecule has 2 aliphatic carbocycles. The molecule has 94 valence electrons. The van der Waals surface area contributed by atoms with Crippen LogP contribution in [0.15, 0.2) is 29.6 Å². The minimum absolute atomic E-state index is 0.272. The highest BCUT2D eigenvalue weighted by atomic mass is 32.1. The molecule has 2 saturated carbocycles. The maximum atomic E-state index is 6.58. The van der Waals surface area contributed by atoms with E-state index in [9.17, 15) is 0 Å². The van der Waals surface area contributed by atoms with Crippen LogP contribution >= 0.6 is 11.3 Å². The summed E-state index contributed by atoms with van der Waals surface area (Å²) < 4.78 is 1.38. The van der Waals surface area contributed by atoms with Crippen LogP contribution in [0.5, 0.6) is 0 Å². The Bertz CT molecular complexity index is 561. The molecule has 3 atom stereocenters. The number of thiophene rings is 1. The van der Waals surface area contributed by atoms with Gasteiger partial charge in [0.1, 0.15) is 0 Å². The van der Waals surface area contributed by atoms with Gasteiger partial charge in [-0.15, -0.1) is 11.3 Å². The van der Waals surface area contributed by atoms with Crippen molar-refractivity contribution in [1.82, 2.24) is 0 Å². The second-order valence-corrected chi connectivity index (χ2v) is 6.81. The molecule has 1 nitrogen and oxygen atoms in total. The van der Waals surface area contributed by atoms with Crippen molar-refractivity contribution in [1.29, 1.82) is 0 Å². The summed E-state index contributed by atoms with van der Waals surface area (Å²) in [6.07, 6.45) is 5.69. The van der Waals surface area contributed by atoms with E-state index in [1.807, 2.05) is 11.3 Å². The van der Waals surface area contributed by atoms with Crippen molar-refractivity contribution in [3.63, 3.8) is 0 Å². The molecule has 1 heterocycles. The van der Waals surface area contributed by atoms with E-state index in [2.05, 4.69) is 29.6 Å². The van der Waals surface area contributed by atoms with Gasteiger partial charge in [0, 0.05) is 10.7 Å². The van der Waals surface area contributed by atoms with E-state index in [1.165, 1.54) is 41.3 Å². The number of fused-ring (bicyclic) bond motifs is 2. The molecule has 2 heteroatoms. The largest absolute Gasteiger partial charge is 0.324 e. The fraction of sp³-hybridized carbons (Fsp3) is 0.500. The lowest BCUT2D eigenvalue weighted by Gasteiger charge is -2.10. The van der Waals surface area contributed by atoms with Crippen molar-refractivity contribution in [2.75, 3.05) is 0 Å². The van der Waals surface area contributed by atoms with Gasteiger partial charge in [-0.05, 0) is 53.0 Å². The molecule has 18 heavy (non-hydrogen) atoms. The molecule has 2 aliphatic rings. The molecule has 0 bridgehead atoms. The molecule has 3 unspecified atom stereocenters. The molecule has 0 spiro atoms. The van der Waals surface area contributed by atoms with E-state index in [0.717, 1.165) is 17.8 Å². The monoisotopic (exact) mass is 257 g/mol. The minimum atomic E-state index is 0.272. The first-order valence-electron chi connectivity index (χ1n) is 7.08. The molecule has 1 aromatic heterocycles. The summed E-state index contributed by atoms with van der Waals surface area (Å²) in [6.45, 7) is 0. The summed E-state index contributed by atoms with van der Waals surface area (Å²) in [6, 6.07) is 8.95. The average molecular weight is 257 g/mol. The Balaban J connectivity index is 1.67. The second kappa shape index (κ2) is 4.07. The van der Waals surface area contributed by atoms with Crippen LogP contribution in [0.4, 0.5) is 0 Å². The Morgan fingerprint density at radius 2 is 1.83 bits per heavy atom. The smallest absolute Gasteiger partial charge is 0.0346 e. The summed E-state index contributed by atoms with van der Waals surface area (Å²) in [4.78, 5) is 0. The Kier molecular flexibility index (Phi) is 2.49. The van der Waals surface area contributed by atoms with Gasteiger partial charge in [0.2, 0.25) is 0 Å². The zero-order valence-corrected chi connectivity index (χ0v) is 11.3. The molecule has 0 saturated heterocycles. The van der Waals surface area contributed by atoms with E-state index in [0.29, 0.717) is 0 Å². The molecule has 4 rings (SSSR count). The third kappa shape index (κ3) is 1.55. The maximum absolute atomic E-state index is 6.58. The zero-order chi connectivity index (χ0) is 12.1. The van der Waals surface area contributed by atoms with Crippen LogP contribution in [0.25, 0.3) is 10.1 Å². The van der Waals surface area contributed by atoms with Crippen LogP contribution in [-0.2, 0) is 0 Å². The normalized spacial score (nSPS) is 32.2. The summed E-state index contributed by atoms with van der Waals surface area (Å²) >= 11 is 1.84. The fourth-order valence-corrected chi connectivity index (χ4v) is 5.05. The van der Waals surface area contributed by atoms with E-state index in [4.69, 9.17) is 5.73 Å². The predicted octanol–water partition coefficient (Wildman–Crippen LogP) is 4.34. The third-order valence-corrected chi connectivity index (χ3v) is 5.99. The lowest BCUT2D eigenvalue weighted by Crippen LogP contribution is -2.13. The Hall–Kier alpha value is -0.860. The topological polar surface area (TPSA) is 26.0 Å². The lowest BCUT2D eigenvalue weighted by atomic mass is 10.0. The van der Waals surface area contributed by atoms with Gasteiger partial charge in [-0.2, -0.15) is 0 Å². The van der Waals surface area contributed by atoms with Gasteiger partial charge in [-0.25, -0.2) is 0 Å². The van der Waals surface area contributed by atoms with Crippen molar-refractivity contribution in [2.45, 2.75) is 31.7 Å². The van der Waals surface area contributed by atoms with Crippen LogP contribution in [-0.4, -0.2) is 0 Å². The third-order valence-electron chi connectivity index (χ3n) is 5.01. The molecule has 0 aliphatic heterocycles. The number of hydrogen-bond acceptors (Lipinski definition) is 2. The number of nitrogens with two attached hydrogens (primary N) is 1. The highest BCUT2D eigenvalue weighted by molar-refractivity contribution is 7.17. The molecule has 0 amide bonds. The summed E-state index contributed by atoms with van der Waals surface area (Å²) in [5.74, 6) is 2.64. The quantitative estimate of drug-likeness (QED) is 0.851. The van der Waals surface area contributed by atoms with Gasteiger partial charge in [0.25, 0.3) is 0 Å². The molecule has 1 aromatic carbocycles. The molecule has 2 N–H and O–H groups in total. The van der Waals surface area contributed by atoms with Crippen molar-refractivity contribution >= 4 is 21.4 Å².